The summed E-state index contributed by atoms with van der Waals surface area (Å²) in [5.74, 6) is 1.90. The van der Waals surface area contributed by atoms with E-state index in [1.54, 1.807) is 16.9 Å². The maximum Gasteiger partial charge on any atom is 0.173 e. The van der Waals surface area contributed by atoms with E-state index in [0.29, 0.717) is 6.54 Å². The lowest BCUT2D eigenvalue weighted by Gasteiger charge is -2.27. The Morgan fingerprint density at radius 2 is 2.11 bits per heavy atom. The monoisotopic (exact) mass is 430 g/mol. The summed E-state index contributed by atoms with van der Waals surface area (Å²) in [7, 11) is 0. The van der Waals surface area contributed by atoms with Crippen LogP contribution in [0.15, 0.2) is 41.3 Å². The van der Waals surface area contributed by atoms with Gasteiger partial charge < -0.3 is 15.7 Å². The molecule has 4 rings (SSSR count). The first-order valence-electron chi connectivity index (χ1n) is 9.29. The Kier molecular flexibility index (Phi) is 5.54. The Balaban J connectivity index is 1.53. The average Bonchev–Trinajstić information content (AvgIpc) is 3.07. The van der Waals surface area contributed by atoms with Gasteiger partial charge in [-0.1, -0.05) is 18.9 Å². The number of hydrogen-bond donors (Lipinski definition) is 3. The molecule has 0 aliphatic heterocycles. The van der Waals surface area contributed by atoms with Gasteiger partial charge >= 0.3 is 0 Å². The van der Waals surface area contributed by atoms with E-state index in [-0.39, 0.29) is 12.0 Å². The minimum absolute atomic E-state index is 0.222. The van der Waals surface area contributed by atoms with Crippen molar-refractivity contribution in [1.29, 1.82) is 0 Å². The molecule has 0 saturated heterocycles. The van der Waals surface area contributed by atoms with Crippen LogP contribution in [0, 0.1) is 5.92 Å². The molecular weight excluding hydrogens is 408 g/mol. The molecule has 0 radical (unpaired) electrons. The molecule has 0 spiro atoms. The molecule has 0 amide bonds. The van der Waals surface area contributed by atoms with Crippen molar-refractivity contribution in [2.45, 2.75) is 38.3 Å². The van der Waals surface area contributed by atoms with Crippen LogP contribution in [0.4, 0.5) is 11.6 Å². The highest BCUT2D eigenvalue weighted by molar-refractivity contribution is 9.10. The van der Waals surface area contributed by atoms with Crippen molar-refractivity contribution in [3.05, 3.63) is 46.8 Å². The van der Waals surface area contributed by atoms with Crippen molar-refractivity contribution >= 4 is 33.2 Å². The van der Waals surface area contributed by atoms with E-state index in [1.807, 2.05) is 24.4 Å². The third-order valence-electron chi connectivity index (χ3n) is 5.04. The fraction of sp³-hybridized carbons (Fsp3) is 0.421. The van der Waals surface area contributed by atoms with Gasteiger partial charge in [0.1, 0.15) is 11.6 Å². The summed E-state index contributed by atoms with van der Waals surface area (Å²) in [6.45, 7) is 1.36. The van der Waals surface area contributed by atoms with Crippen LogP contribution in [0.5, 0.6) is 0 Å². The average molecular weight is 431 g/mol. The topological polar surface area (TPSA) is 87.4 Å². The van der Waals surface area contributed by atoms with Gasteiger partial charge in [-0.05, 0) is 40.4 Å². The van der Waals surface area contributed by atoms with E-state index in [2.05, 4.69) is 41.6 Å². The van der Waals surface area contributed by atoms with Crippen molar-refractivity contribution in [3.63, 3.8) is 0 Å². The SMILES string of the molecule is O[C@@H]1CCCC[C@@H]1CNc1cc(NCc2cccnc2)n2ncc(Br)c2n1. The minimum atomic E-state index is -0.222. The zero-order valence-electron chi connectivity index (χ0n) is 15.0. The molecule has 1 fully saturated rings. The number of fused-ring (bicyclic) bond motifs is 1. The van der Waals surface area contributed by atoms with Crippen LogP contribution in [0.2, 0.25) is 0 Å². The number of aliphatic hydroxyl groups is 1. The van der Waals surface area contributed by atoms with Gasteiger partial charge in [-0.3, -0.25) is 4.98 Å². The summed E-state index contributed by atoms with van der Waals surface area (Å²) in [6.07, 6.45) is 9.37. The molecule has 3 N–H and O–H groups in total. The third kappa shape index (κ3) is 4.22. The first kappa shape index (κ1) is 18.2. The Bertz CT molecular complexity index is 900. The molecule has 27 heavy (non-hydrogen) atoms. The van der Waals surface area contributed by atoms with E-state index in [0.717, 1.165) is 53.1 Å². The van der Waals surface area contributed by atoms with Crippen LogP contribution in [0.25, 0.3) is 5.65 Å². The molecule has 0 unspecified atom stereocenters. The molecule has 1 saturated carbocycles. The standard InChI is InChI=1S/C19H23BrN6O/c20-15-12-24-26-18(23-10-13-4-3-7-21-9-13)8-17(25-19(15)26)22-11-14-5-1-2-6-16(14)27/h3-4,7-9,12,14,16,23,27H,1-2,5-6,10-11H2,(H,22,25)/t14-,16-/m1/s1. The first-order valence-corrected chi connectivity index (χ1v) is 10.1. The highest BCUT2D eigenvalue weighted by atomic mass is 79.9. The number of pyridine rings is 1. The number of aromatic nitrogens is 4. The predicted octanol–water partition coefficient (Wildman–Crippen LogP) is 3.46. The largest absolute Gasteiger partial charge is 0.393 e. The summed E-state index contributed by atoms with van der Waals surface area (Å²) < 4.78 is 2.62. The zero-order chi connectivity index (χ0) is 18.6. The van der Waals surface area contributed by atoms with Crippen molar-refractivity contribution in [1.82, 2.24) is 19.6 Å². The molecule has 0 aromatic carbocycles. The Morgan fingerprint density at radius 1 is 1.22 bits per heavy atom. The number of hydrogen-bond acceptors (Lipinski definition) is 6. The molecule has 3 aromatic rings. The fourth-order valence-corrected chi connectivity index (χ4v) is 3.86. The normalized spacial score (nSPS) is 19.9. The van der Waals surface area contributed by atoms with Crippen molar-refractivity contribution in [3.8, 4) is 0 Å². The molecule has 0 bridgehead atoms. The number of nitrogens with zero attached hydrogens (tertiary/aromatic N) is 4. The van der Waals surface area contributed by atoms with Crippen molar-refractivity contribution in [2.75, 3.05) is 17.2 Å². The maximum absolute atomic E-state index is 10.2. The zero-order valence-corrected chi connectivity index (χ0v) is 16.6. The molecular formula is C19H23BrN6O. The highest BCUT2D eigenvalue weighted by Crippen LogP contribution is 2.26. The Morgan fingerprint density at radius 3 is 2.93 bits per heavy atom. The van der Waals surface area contributed by atoms with Gasteiger partial charge in [-0.15, -0.1) is 0 Å². The molecule has 3 aromatic heterocycles. The second kappa shape index (κ2) is 8.22. The van der Waals surface area contributed by atoms with Crippen LogP contribution < -0.4 is 10.6 Å². The molecule has 8 heteroatoms. The van der Waals surface area contributed by atoms with E-state index in [9.17, 15) is 5.11 Å². The van der Waals surface area contributed by atoms with Gasteiger partial charge in [0.15, 0.2) is 5.65 Å². The second-order valence-corrected chi connectivity index (χ2v) is 7.82. The second-order valence-electron chi connectivity index (χ2n) is 6.96. The van der Waals surface area contributed by atoms with Crippen molar-refractivity contribution in [2.24, 2.45) is 5.92 Å². The van der Waals surface area contributed by atoms with Crippen LogP contribution in [-0.2, 0) is 6.54 Å². The number of aliphatic hydroxyl groups excluding tert-OH is 1. The van der Waals surface area contributed by atoms with E-state index >= 15 is 0 Å². The lowest BCUT2D eigenvalue weighted by atomic mass is 9.86. The Hall–Kier alpha value is -2.19. The molecule has 7 nitrogen and oxygen atoms in total. The summed E-state index contributed by atoms with van der Waals surface area (Å²) in [5.41, 5.74) is 1.84. The van der Waals surface area contributed by atoms with Gasteiger partial charge in [-0.25, -0.2) is 4.98 Å². The van der Waals surface area contributed by atoms with Gasteiger partial charge in [0.2, 0.25) is 0 Å². The molecule has 3 heterocycles. The number of halogens is 1. The van der Waals surface area contributed by atoms with Crippen molar-refractivity contribution < 1.29 is 5.11 Å². The molecule has 2 atom stereocenters. The van der Waals surface area contributed by atoms with Gasteiger partial charge in [0.25, 0.3) is 0 Å². The van der Waals surface area contributed by atoms with Gasteiger partial charge in [0, 0.05) is 37.5 Å². The lowest BCUT2D eigenvalue weighted by Crippen LogP contribution is -2.30. The summed E-state index contributed by atoms with van der Waals surface area (Å²) in [4.78, 5) is 8.82. The first-order chi connectivity index (χ1) is 13.2. The summed E-state index contributed by atoms with van der Waals surface area (Å²) in [6, 6.07) is 5.91. The van der Waals surface area contributed by atoms with E-state index in [4.69, 9.17) is 0 Å². The molecule has 1 aliphatic carbocycles. The van der Waals surface area contributed by atoms with Gasteiger partial charge in [-0.2, -0.15) is 9.61 Å². The van der Waals surface area contributed by atoms with E-state index < -0.39 is 0 Å². The predicted molar refractivity (Wildman–Crippen MR) is 109 cm³/mol. The molecule has 1 aliphatic rings. The van der Waals surface area contributed by atoms with Crippen LogP contribution in [0.3, 0.4) is 0 Å². The maximum atomic E-state index is 10.2. The Labute approximate surface area is 166 Å². The quantitative estimate of drug-likeness (QED) is 0.554. The highest BCUT2D eigenvalue weighted by Gasteiger charge is 2.23. The van der Waals surface area contributed by atoms with Gasteiger partial charge in [0.05, 0.1) is 16.8 Å². The van der Waals surface area contributed by atoms with E-state index in [1.165, 1.54) is 6.42 Å². The minimum Gasteiger partial charge on any atom is -0.393 e. The number of anilines is 2. The summed E-state index contributed by atoms with van der Waals surface area (Å²) >= 11 is 3.52. The van der Waals surface area contributed by atoms with Crippen LogP contribution >= 0.6 is 15.9 Å². The number of rotatable bonds is 6. The smallest absolute Gasteiger partial charge is 0.173 e. The lowest BCUT2D eigenvalue weighted by molar-refractivity contribution is 0.0763. The van der Waals surface area contributed by atoms with Crippen LogP contribution in [-0.4, -0.2) is 37.3 Å². The number of nitrogens with one attached hydrogen (secondary N) is 2. The fourth-order valence-electron chi connectivity index (χ4n) is 3.51. The summed E-state index contributed by atoms with van der Waals surface area (Å²) in [5, 5.41) is 21.4. The third-order valence-corrected chi connectivity index (χ3v) is 5.60. The van der Waals surface area contributed by atoms with Crippen LogP contribution in [0.1, 0.15) is 31.2 Å². The molecule has 142 valence electrons.